The van der Waals surface area contributed by atoms with Gasteiger partial charge in [0.25, 0.3) is 0 Å². The molecule has 8 heteroatoms. The van der Waals surface area contributed by atoms with Gasteiger partial charge in [-0.3, -0.25) is 0 Å². The molecule has 0 N–H and O–H groups in total. The highest BCUT2D eigenvalue weighted by Crippen LogP contribution is 2.35. The Morgan fingerprint density at radius 1 is 0.842 bits per heavy atom. The van der Waals surface area contributed by atoms with Crippen LogP contribution in [-0.4, -0.2) is 38.5 Å². The van der Waals surface area contributed by atoms with Crippen LogP contribution in [0.15, 0.2) is 102 Å². The van der Waals surface area contributed by atoms with E-state index in [-0.39, 0.29) is 0 Å². The second-order valence-corrected chi connectivity index (χ2v) is 9.88. The van der Waals surface area contributed by atoms with E-state index >= 15 is 0 Å². The van der Waals surface area contributed by atoms with Crippen LogP contribution in [0, 0.1) is 17.2 Å². The first kappa shape index (κ1) is 28.8. The fourth-order valence-corrected chi connectivity index (χ4v) is 3.69. The first-order chi connectivity index (χ1) is 17.9. The highest BCUT2D eigenvalue weighted by atomic mass is 35.7. The maximum absolute atomic E-state index is 8.49. The second-order valence-electron chi connectivity index (χ2n) is 9.12. The molecule has 0 unspecified atom stereocenters. The molecule has 1 aliphatic carbocycles. The molecule has 4 rings (SSSR count). The van der Waals surface area contributed by atoms with E-state index in [1.165, 1.54) is 22.5 Å². The quantitative estimate of drug-likeness (QED) is 0.549. The van der Waals surface area contributed by atoms with Crippen LogP contribution in [0.1, 0.15) is 16.7 Å². The average molecular weight is 535 g/mol. The molecule has 0 saturated heterocycles. The van der Waals surface area contributed by atoms with E-state index in [1.54, 1.807) is 0 Å². The Kier molecular flexibility index (Phi) is 9.63. The first-order valence-electron chi connectivity index (χ1n) is 11.8. The zero-order valence-corrected chi connectivity index (χ0v) is 22.8. The summed E-state index contributed by atoms with van der Waals surface area (Å²) in [5.41, 5.74) is 8.10. The number of fused-ring (bicyclic) bond motifs is 1. The van der Waals surface area contributed by atoms with E-state index in [9.17, 15) is 0 Å². The highest BCUT2D eigenvalue weighted by Gasteiger charge is 2.15. The van der Waals surface area contributed by atoms with Gasteiger partial charge in [-0.2, -0.15) is 0 Å². The molecule has 2 aromatic rings. The summed E-state index contributed by atoms with van der Waals surface area (Å²) in [4.78, 5) is 2.11. The topological polar surface area (TPSA) is 108 Å². The minimum absolute atomic E-state index is 0.826. The fraction of sp³-hybridized carbons (Fsp3) is 0.167. The minimum Gasteiger partial charge on any atom is -0.457 e. The number of hydrogen-bond acceptors (Lipinski definition) is 6. The normalized spacial score (nSPS) is 15.5. The van der Waals surface area contributed by atoms with Crippen LogP contribution in [-0.2, 0) is 0 Å². The average Bonchev–Trinajstić information content (AvgIpc) is 2.85. The van der Waals surface area contributed by atoms with E-state index in [0.29, 0.717) is 0 Å². The van der Waals surface area contributed by atoms with Crippen molar-refractivity contribution in [2.75, 3.05) is 33.1 Å². The maximum Gasteiger partial charge on any atom is 0.199 e. The molecule has 2 aliphatic rings. The van der Waals surface area contributed by atoms with Gasteiger partial charge in [-0.05, 0) is 71.7 Å². The summed E-state index contributed by atoms with van der Waals surface area (Å²) in [6, 6.07) is 14.9. The van der Waals surface area contributed by atoms with Gasteiger partial charge in [0.2, 0.25) is 0 Å². The molecule has 0 spiro atoms. The molecule has 198 valence electrons. The SMILES string of the molecule is Cc1ccc2c(c1)O/C(=C/C=C1C=CC(=[N+](C)C)C=C1)C=C2/C=C/c1ccc(N(C)C)cc1.[O-][Cl+3]([O-])([O-])[O-]. The van der Waals surface area contributed by atoms with Gasteiger partial charge in [0.1, 0.15) is 25.6 Å². The number of aryl methyl sites for hydroxylation is 1. The summed E-state index contributed by atoms with van der Waals surface area (Å²) in [6.45, 7) is 2.09. The van der Waals surface area contributed by atoms with Gasteiger partial charge in [0, 0.05) is 37.5 Å². The van der Waals surface area contributed by atoms with Crippen molar-refractivity contribution in [1.82, 2.24) is 0 Å². The maximum atomic E-state index is 8.49. The lowest BCUT2D eigenvalue weighted by Gasteiger charge is -2.19. The van der Waals surface area contributed by atoms with Gasteiger partial charge in [-0.15, -0.1) is 10.2 Å². The summed E-state index contributed by atoms with van der Waals surface area (Å²) in [7, 11) is 3.26. The molecular formula is C30H31ClN2O5. The van der Waals surface area contributed by atoms with Crippen molar-refractivity contribution in [3.05, 3.63) is 119 Å². The second kappa shape index (κ2) is 12.7. The van der Waals surface area contributed by atoms with Crippen molar-refractivity contribution >= 4 is 23.0 Å². The van der Waals surface area contributed by atoms with Crippen LogP contribution < -0.4 is 28.3 Å². The molecule has 0 aromatic heterocycles. The van der Waals surface area contributed by atoms with Crippen molar-refractivity contribution in [3.8, 4) is 5.75 Å². The minimum atomic E-state index is -4.94. The number of halogens is 1. The highest BCUT2D eigenvalue weighted by molar-refractivity contribution is 6.02. The molecule has 0 fully saturated rings. The predicted molar refractivity (Wildman–Crippen MR) is 141 cm³/mol. The summed E-state index contributed by atoms with van der Waals surface area (Å²) in [6.07, 6.45) is 19.0. The molecule has 0 saturated carbocycles. The number of benzene rings is 2. The predicted octanol–water partition coefficient (Wildman–Crippen LogP) is 1.44. The van der Waals surface area contributed by atoms with E-state index in [0.717, 1.165) is 28.2 Å². The summed E-state index contributed by atoms with van der Waals surface area (Å²) in [5, 5.41) is 0. The lowest BCUT2D eigenvalue weighted by molar-refractivity contribution is -2.00. The monoisotopic (exact) mass is 534 g/mol. The molecule has 2 aromatic carbocycles. The van der Waals surface area contributed by atoms with E-state index in [2.05, 4.69) is 122 Å². The number of ether oxygens (including phenoxy) is 1. The Balaban J connectivity index is 0.000000732. The Hall–Kier alpha value is -3.72. The molecule has 1 heterocycles. The van der Waals surface area contributed by atoms with Gasteiger partial charge in [-0.25, -0.2) is 23.2 Å². The molecule has 0 radical (unpaired) electrons. The van der Waals surface area contributed by atoms with Crippen LogP contribution in [0.2, 0.25) is 0 Å². The smallest absolute Gasteiger partial charge is 0.199 e. The van der Waals surface area contributed by atoms with Crippen LogP contribution in [0.4, 0.5) is 5.69 Å². The number of nitrogens with zero attached hydrogens (tertiary/aromatic N) is 2. The zero-order valence-electron chi connectivity index (χ0n) is 22.1. The van der Waals surface area contributed by atoms with Crippen molar-refractivity contribution < 1.29 is 38.2 Å². The third-order valence-corrected chi connectivity index (χ3v) is 5.69. The number of rotatable bonds is 4. The van der Waals surface area contributed by atoms with Crippen molar-refractivity contribution in [3.63, 3.8) is 0 Å². The Bertz CT molecular complexity index is 1340. The molecule has 0 atom stereocenters. The van der Waals surface area contributed by atoms with E-state index in [4.69, 9.17) is 23.4 Å². The van der Waals surface area contributed by atoms with Crippen LogP contribution in [0.3, 0.4) is 0 Å². The van der Waals surface area contributed by atoms with Crippen LogP contribution in [0.5, 0.6) is 5.75 Å². The molecular weight excluding hydrogens is 504 g/mol. The molecule has 0 bridgehead atoms. The fourth-order valence-electron chi connectivity index (χ4n) is 3.69. The Morgan fingerprint density at radius 2 is 1.47 bits per heavy atom. The van der Waals surface area contributed by atoms with Gasteiger partial charge in [0.15, 0.2) is 5.71 Å². The number of anilines is 1. The standard InChI is InChI=1S/C30H31N2O.ClHO4/c1-22-6-19-29-25(13-7-23-8-14-26(15-9-23)31(2)3)21-28(33-30(29)20-22)18-12-24-10-16-27(17-11-24)32(4)5;2-1(3,4)5/h6-21H,1-5H3;(H,2,3,4,5)/q+1;/p-1. The van der Waals surface area contributed by atoms with Crippen molar-refractivity contribution in [2.24, 2.45) is 0 Å². The molecule has 7 nitrogen and oxygen atoms in total. The van der Waals surface area contributed by atoms with Crippen LogP contribution >= 0.6 is 0 Å². The molecule has 1 aliphatic heterocycles. The summed E-state index contributed by atoms with van der Waals surface area (Å²) in [5.74, 6) is 1.72. The van der Waals surface area contributed by atoms with Crippen LogP contribution in [0.25, 0.3) is 11.6 Å². The first-order valence-corrected chi connectivity index (χ1v) is 13.0. The van der Waals surface area contributed by atoms with Gasteiger partial charge in [-0.1, -0.05) is 42.5 Å². The van der Waals surface area contributed by atoms with Gasteiger partial charge < -0.3 is 9.64 Å². The summed E-state index contributed by atoms with van der Waals surface area (Å²) >= 11 is 0. The summed E-state index contributed by atoms with van der Waals surface area (Å²) < 4.78 is 42.3. The van der Waals surface area contributed by atoms with Crippen molar-refractivity contribution in [1.29, 1.82) is 0 Å². The lowest BCUT2D eigenvalue weighted by atomic mass is 9.98. The molecule has 38 heavy (non-hydrogen) atoms. The number of allylic oxidation sites excluding steroid dienone is 10. The zero-order chi connectivity index (χ0) is 27.9. The Morgan fingerprint density at radius 3 is 2.05 bits per heavy atom. The third kappa shape index (κ3) is 8.99. The third-order valence-electron chi connectivity index (χ3n) is 5.69. The van der Waals surface area contributed by atoms with E-state index in [1.807, 2.05) is 20.2 Å². The van der Waals surface area contributed by atoms with E-state index < -0.39 is 10.2 Å². The molecule has 0 amide bonds. The largest absolute Gasteiger partial charge is 0.457 e. The lowest BCUT2D eigenvalue weighted by Crippen LogP contribution is -2.68. The van der Waals surface area contributed by atoms with Crippen molar-refractivity contribution in [2.45, 2.75) is 6.92 Å². The number of hydrogen-bond donors (Lipinski definition) is 0. The van der Waals surface area contributed by atoms with Gasteiger partial charge >= 0.3 is 0 Å². The van der Waals surface area contributed by atoms with Gasteiger partial charge in [0.05, 0.1) is 0 Å². The Labute approximate surface area is 226 Å².